The average Bonchev–Trinajstić information content (AvgIpc) is 2.09. The van der Waals surface area contributed by atoms with Crippen molar-refractivity contribution in [2.24, 2.45) is 0 Å². The van der Waals surface area contributed by atoms with E-state index in [0.29, 0.717) is 11.3 Å². The molecule has 1 amide bonds. The molecule has 0 aliphatic carbocycles. The molecule has 3 nitrogen and oxygen atoms in total. The van der Waals surface area contributed by atoms with E-state index in [0.717, 1.165) is 0 Å². The van der Waals surface area contributed by atoms with Gasteiger partial charge in [0.05, 0.1) is 11.4 Å². The summed E-state index contributed by atoms with van der Waals surface area (Å²) in [4.78, 5) is 14.5. The molecule has 1 N–H and O–H groups in total. The van der Waals surface area contributed by atoms with Crippen molar-refractivity contribution >= 4 is 11.6 Å². The van der Waals surface area contributed by atoms with Gasteiger partial charge in [-0.2, -0.15) is 13.2 Å². The number of aryl methyl sites for hydroxylation is 2. The maximum atomic E-state index is 12.0. The largest absolute Gasteiger partial charge is 0.471 e. The van der Waals surface area contributed by atoms with E-state index < -0.39 is 12.1 Å². The van der Waals surface area contributed by atoms with E-state index >= 15 is 0 Å². The van der Waals surface area contributed by atoms with Gasteiger partial charge in [0, 0.05) is 6.20 Å². The first kappa shape index (κ1) is 11.5. The van der Waals surface area contributed by atoms with Crippen molar-refractivity contribution in [3.05, 3.63) is 23.5 Å². The number of anilines is 1. The summed E-state index contributed by atoms with van der Waals surface area (Å²) in [5, 5.41) is 1.79. The molecular formula is C9H9F3N2O. The second-order valence-corrected chi connectivity index (χ2v) is 3.04. The van der Waals surface area contributed by atoms with Gasteiger partial charge < -0.3 is 5.32 Å². The highest BCUT2D eigenvalue weighted by Crippen LogP contribution is 2.22. The second kappa shape index (κ2) is 3.88. The van der Waals surface area contributed by atoms with E-state index in [1.165, 1.54) is 19.2 Å². The number of halogens is 3. The second-order valence-electron chi connectivity index (χ2n) is 3.04. The maximum absolute atomic E-state index is 12.0. The third-order valence-corrected chi connectivity index (χ3v) is 1.84. The number of nitrogens with one attached hydrogen (secondary N) is 1. The average molecular weight is 218 g/mol. The number of aromatic nitrogens is 1. The fourth-order valence-electron chi connectivity index (χ4n) is 1.07. The molecule has 82 valence electrons. The molecule has 15 heavy (non-hydrogen) atoms. The van der Waals surface area contributed by atoms with E-state index in [4.69, 9.17) is 0 Å². The summed E-state index contributed by atoms with van der Waals surface area (Å²) in [6, 6.07) is 1.53. The zero-order chi connectivity index (χ0) is 11.6. The molecule has 0 aliphatic heterocycles. The minimum absolute atomic E-state index is 0.111. The van der Waals surface area contributed by atoms with Gasteiger partial charge in [0.25, 0.3) is 0 Å². The number of hydrogen-bond acceptors (Lipinski definition) is 2. The van der Waals surface area contributed by atoms with Gasteiger partial charge in [-0.15, -0.1) is 0 Å². The molecule has 0 fully saturated rings. The van der Waals surface area contributed by atoms with Crippen LogP contribution in [0.4, 0.5) is 18.9 Å². The van der Waals surface area contributed by atoms with Crippen molar-refractivity contribution < 1.29 is 18.0 Å². The topological polar surface area (TPSA) is 42.0 Å². The van der Waals surface area contributed by atoms with Crippen LogP contribution in [0.25, 0.3) is 0 Å². The molecule has 0 unspecified atom stereocenters. The summed E-state index contributed by atoms with van der Waals surface area (Å²) in [6.45, 7) is 3.12. The smallest absolute Gasteiger partial charge is 0.316 e. The lowest BCUT2D eigenvalue weighted by Crippen LogP contribution is -2.30. The molecule has 1 heterocycles. The molecule has 1 aromatic rings. The van der Waals surface area contributed by atoms with E-state index in [-0.39, 0.29) is 5.69 Å². The molecule has 6 heteroatoms. The summed E-state index contributed by atoms with van der Waals surface area (Å²) in [6.07, 6.45) is -3.41. The fraction of sp³-hybridized carbons (Fsp3) is 0.333. The van der Waals surface area contributed by atoms with Crippen molar-refractivity contribution in [2.45, 2.75) is 20.0 Å². The molecule has 1 aromatic heterocycles. The summed E-state index contributed by atoms with van der Waals surface area (Å²) >= 11 is 0. The van der Waals surface area contributed by atoms with Crippen LogP contribution in [0.15, 0.2) is 12.3 Å². The van der Waals surface area contributed by atoms with Crippen LogP contribution >= 0.6 is 0 Å². The SMILES string of the molecule is Cc1ccnc(C)c1NC(=O)C(F)(F)F. The summed E-state index contributed by atoms with van der Waals surface area (Å²) in [5.74, 6) is -1.98. The molecule has 0 saturated heterocycles. The predicted octanol–water partition coefficient (Wildman–Crippen LogP) is 2.20. The Hall–Kier alpha value is -1.59. The first-order valence-corrected chi connectivity index (χ1v) is 4.12. The van der Waals surface area contributed by atoms with Gasteiger partial charge in [0.2, 0.25) is 0 Å². The Labute approximate surface area is 84.3 Å². The Morgan fingerprint density at radius 3 is 2.47 bits per heavy atom. The van der Waals surface area contributed by atoms with Gasteiger partial charge in [0.15, 0.2) is 0 Å². The van der Waals surface area contributed by atoms with Crippen molar-refractivity contribution in [2.75, 3.05) is 5.32 Å². The number of hydrogen-bond donors (Lipinski definition) is 1. The van der Waals surface area contributed by atoms with Crippen LogP contribution in [0.5, 0.6) is 0 Å². The third kappa shape index (κ3) is 2.68. The molecule has 0 saturated carbocycles. The molecular weight excluding hydrogens is 209 g/mol. The summed E-state index contributed by atoms with van der Waals surface area (Å²) < 4.78 is 35.9. The lowest BCUT2D eigenvalue weighted by Gasteiger charge is -2.11. The quantitative estimate of drug-likeness (QED) is 0.785. The molecule has 0 bridgehead atoms. The lowest BCUT2D eigenvalue weighted by molar-refractivity contribution is -0.167. The van der Waals surface area contributed by atoms with Crippen molar-refractivity contribution in [3.8, 4) is 0 Å². The Balaban J connectivity index is 2.95. The highest BCUT2D eigenvalue weighted by atomic mass is 19.4. The number of rotatable bonds is 1. The number of alkyl halides is 3. The zero-order valence-electron chi connectivity index (χ0n) is 8.14. The molecule has 1 rings (SSSR count). The first-order chi connectivity index (χ1) is 6.82. The van der Waals surface area contributed by atoms with Crippen LogP contribution < -0.4 is 5.32 Å². The number of pyridine rings is 1. The van der Waals surface area contributed by atoms with E-state index in [1.807, 2.05) is 0 Å². The first-order valence-electron chi connectivity index (χ1n) is 4.12. The Morgan fingerprint density at radius 1 is 1.40 bits per heavy atom. The van der Waals surface area contributed by atoms with E-state index in [1.54, 1.807) is 12.2 Å². The normalized spacial score (nSPS) is 11.3. The number of nitrogens with zero attached hydrogens (tertiary/aromatic N) is 1. The van der Waals surface area contributed by atoms with Crippen LogP contribution in [-0.4, -0.2) is 17.1 Å². The number of carbonyl (C=O) groups excluding carboxylic acids is 1. The van der Waals surface area contributed by atoms with Gasteiger partial charge in [-0.25, -0.2) is 0 Å². The molecule has 0 radical (unpaired) electrons. The van der Waals surface area contributed by atoms with Crippen LogP contribution in [0.2, 0.25) is 0 Å². The minimum atomic E-state index is -4.88. The lowest BCUT2D eigenvalue weighted by atomic mass is 10.2. The van der Waals surface area contributed by atoms with E-state index in [9.17, 15) is 18.0 Å². The van der Waals surface area contributed by atoms with Crippen molar-refractivity contribution in [1.82, 2.24) is 4.98 Å². The predicted molar refractivity (Wildman–Crippen MR) is 48.4 cm³/mol. The fourth-order valence-corrected chi connectivity index (χ4v) is 1.07. The highest BCUT2D eigenvalue weighted by Gasteiger charge is 2.39. The molecule has 0 aromatic carbocycles. The Morgan fingerprint density at radius 2 is 2.00 bits per heavy atom. The summed E-state index contributed by atoms with van der Waals surface area (Å²) in [7, 11) is 0. The third-order valence-electron chi connectivity index (χ3n) is 1.84. The Kier molecular flexibility index (Phi) is 2.97. The molecule has 0 aliphatic rings. The highest BCUT2D eigenvalue weighted by molar-refractivity contribution is 5.95. The Bertz CT molecular complexity index is 367. The van der Waals surface area contributed by atoms with Gasteiger partial charge in [-0.3, -0.25) is 9.78 Å². The van der Waals surface area contributed by atoms with Gasteiger partial charge >= 0.3 is 12.1 Å². The van der Waals surface area contributed by atoms with Gasteiger partial charge in [-0.1, -0.05) is 0 Å². The van der Waals surface area contributed by atoms with Gasteiger partial charge in [-0.05, 0) is 25.5 Å². The molecule has 0 spiro atoms. The standard InChI is InChI=1S/C9H9F3N2O/c1-5-3-4-13-6(2)7(5)14-8(15)9(10,11)12/h3-4H,1-2H3,(H,14,15). The van der Waals surface area contributed by atoms with E-state index in [2.05, 4.69) is 4.98 Å². The molecule has 0 atom stereocenters. The zero-order valence-corrected chi connectivity index (χ0v) is 8.14. The van der Waals surface area contributed by atoms with Crippen LogP contribution in [0, 0.1) is 13.8 Å². The number of amides is 1. The van der Waals surface area contributed by atoms with Crippen LogP contribution in [-0.2, 0) is 4.79 Å². The minimum Gasteiger partial charge on any atom is -0.316 e. The van der Waals surface area contributed by atoms with Crippen LogP contribution in [0.1, 0.15) is 11.3 Å². The number of carbonyl (C=O) groups is 1. The van der Waals surface area contributed by atoms with Crippen molar-refractivity contribution in [1.29, 1.82) is 0 Å². The maximum Gasteiger partial charge on any atom is 0.471 e. The van der Waals surface area contributed by atoms with Gasteiger partial charge in [0.1, 0.15) is 0 Å². The summed E-state index contributed by atoms with van der Waals surface area (Å²) in [5.41, 5.74) is 1.01. The monoisotopic (exact) mass is 218 g/mol. The van der Waals surface area contributed by atoms with Crippen molar-refractivity contribution in [3.63, 3.8) is 0 Å². The van der Waals surface area contributed by atoms with Crippen LogP contribution in [0.3, 0.4) is 0 Å².